The minimum Gasteiger partial charge on any atom is -0.309 e. The molecule has 0 aliphatic heterocycles. The Bertz CT molecular complexity index is 315. The lowest BCUT2D eigenvalue weighted by Crippen LogP contribution is -2.24. The minimum atomic E-state index is 0.665. The molecule has 1 nitrogen and oxygen atoms in total. The van der Waals surface area contributed by atoms with Crippen LogP contribution in [0.3, 0.4) is 0 Å². The van der Waals surface area contributed by atoms with Gasteiger partial charge in [-0.3, -0.25) is 0 Å². The molecule has 0 spiro atoms. The van der Waals surface area contributed by atoms with Crippen LogP contribution in [-0.2, 0) is 0 Å². The van der Waals surface area contributed by atoms with Crippen LogP contribution in [0.2, 0.25) is 0 Å². The van der Waals surface area contributed by atoms with E-state index in [1.807, 2.05) is 11.3 Å². The van der Waals surface area contributed by atoms with Crippen LogP contribution in [0.1, 0.15) is 37.1 Å². The minimum absolute atomic E-state index is 0.665. The zero-order valence-corrected chi connectivity index (χ0v) is 10.1. The van der Waals surface area contributed by atoms with Gasteiger partial charge in [-0.05, 0) is 55.0 Å². The fraction of sp³-hybridized carbons (Fsp3) is 0.692. The van der Waals surface area contributed by atoms with Crippen molar-refractivity contribution in [2.75, 3.05) is 6.54 Å². The van der Waals surface area contributed by atoms with Gasteiger partial charge in [0.25, 0.3) is 0 Å². The van der Waals surface area contributed by atoms with E-state index in [9.17, 15) is 0 Å². The molecule has 3 rings (SSSR count). The summed E-state index contributed by atoms with van der Waals surface area (Å²) in [4.78, 5) is 1.55. The number of nitrogens with one attached hydrogen (secondary N) is 1. The summed E-state index contributed by atoms with van der Waals surface area (Å²) >= 11 is 1.91. The van der Waals surface area contributed by atoms with Crippen LogP contribution in [0.5, 0.6) is 0 Å². The molecule has 82 valence electrons. The van der Waals surface area contributed by atoms with Gasteiger partial charge in [0, 0.05) is 10.9 Å². The molecule has 1 N–H and O–H groups in total. The summed E-state index contributed by atoms with van der Waals surface area (Å²) in [5.74, 6) is 2.87. The van der Waals surface area contributed by atoms with Crippen molar-refractivity contribution in [3.63, 3.8) is 0 Å². The molecular formula is C13H19NS. The third kappa shape index (κ3) is 2.26. The van der Waals surface area contributed by atoms with E-state index < -0.39 is 0 Å². The van der Waals surface area contributed by atoms with Gasteiger partial charge in [0.2, 0.25) is 0 Å². The first-order chi connectivity index (χ1) is 7.34. The SMILES string of the molecule is CC1CC1CNC(c1cccs1)C1CC1. The Morgan fingerprint density at radius 2 is 2.33 bits per heavy atom. The highest BCUT2D eigenvalue weighted by molar-refractivity contribution is 7.10. The van der Waals surface area contributed by atoms with E-state index in [0.29, 0.717) is 6.04 Å². The maximum Gasteiger partial charge on any atom is 0.0443 e. The second-order valence-electron chi connectivity index (χ2n) is 5.21. The lowest BCUT2D eigenvalue weighted by Gasteiger charge is -2.16. The van der Waals surface area contributed by atoms with Gasteiger partial charge in [-0.25, -0.2) is 0 Å². The fourth-order valence-electron chi connectivity index (χ4n) is 2.36. The Hall–Kier alpha value is -0.340. The smallest absolute Gasteiger partial charge is 0.0443 e. The number of thiophene rings is 1. The standard InChI is InChI=1S/C13H19NS/c1-9-7-11(9)8-14-13(10-4-5-10)12-3-2-6-15-12/h2-3,6,9-11,13-14H,4-5,7-8H2,1H3. The molecule has 2 aliphatic carbocycles. The highest BCUT2D eigenvalue weighted by atomic mass is 32.1. The lowest BCUT2D eigenvalue weighted by atomic mass is 10.1. The molecule has 2 heteroatoms. The van der Waals surface area contributed by atoms with Crippen molar-refractivity contribution in [2.24, 2.45) is 17.8 Å². The van der Waals surface area contributed by atoms with Crippen molar-refractivity contribution in [3.8, 4) is 0 Å². The van der Waals surface area contributed by atoms with Crippen molar-refractivity contribution in [2.45, 2.75) is 32.2 Å². The summed E-state index contributed by atoms with van der Waals surface area (Å²) in [6.07, 6.45) is 4.29. The predicted molar refractivity (Wildman–Crippen MR) is 65.1 cm³/mol. The van der Waals surface area contributed by atoms with Crippen molar-refractivity contribution in [3.05, 3.63) is 22.4 Å². The number of rotatable bonds is 5. The van der Waals surface area contributed by atoms with Crippen LogP contribution in [0.25, 0.3) is 0 Å². The monoisotopic (exact) mass is 221 g/mol. The molecule has 1 aromatic heterocycles. The highest BCUT2D eigenvalue weighted by Gasteiger charge is 2.36. The third-order valence-corrected chi connectivity index (χ3v) is 4.77. The zero-order valence-electron chi connectivity index (χ0n) is 9.28. The Labute approximate surface area is 95.9 Å². The zero-order chi connectivity index (χ0) is 10.3. The van der Waals surface area contributed by atoms with Gasteiger partial charge in [0.05, 0.1) is 0 Å². The first kappa shape index (κ1) is 9.86. The predicted octanol–water partition coefficient (Wildman–Crippen LogP) is 3.44. The van der Waals surface area contributed by atoms with Crippen LogP contribution in [0.4, 0.5) is 0 Å². The average molecular weight is 221 g/mol. The molecule has 15 heavy (non-hydrogen) atoms. The summed E-state index contributed by atoms with van der Waals surface area (Å²) in [7, 11) is 0. The normalized spacial score (nSPS) is 31.5. The molecule has 0 saturated heterocycles. The lowest BCUT2D eigenvalue weighted by molar-refractivity contribution is 0.468. The molecule has 2 saturated carbocycles. The van der Waals surface area contributed by atoms with Gasteiger partial charge in [0.15, 0.2) is 0 Å². The highest BCUT2D eigenvalue weighted by Crippen LogP contribution is 2.43. The maximum absolute atomic E-state index is 3.79. The Balaban J connectivity index is 1.59. The van der Waals surface area contributed by atoms with Crippen LogP contribution < -0.4 is 5.32 Å². The van der Waals surface area contributed by atoms with E-state index in [1.165, 1.54) is 25.8 Å². The first-order valence-electron chi connectivity index (χ1n) is 6.11. The van der Waals surface area contributed by atoms with Gasteiger partial charge in [0.1, 0.15) is 0 Å². The summed E-state index contributed by atoms with van der Waals surface area (Å²) in [5.41, 5.74) is 0. The quantitative estimate of drug-likeness (QED) is 0.803. The Morgan fingerprint density at radius 1 is 1.53 bits per heavy atom. The fourth-order valence-corrected chi connectivity index (χ4v) is 3.25. The molecular weight excluding hydrogens is 202 g/mol. The van der Waals surface area contributed by atoms with Crippen LogP contribution in [-0.4, -0.2) is 6.54 Å². The van der Waals surface area contributed by atoms with E-state index in [0.717, 1.165) is 17.8 Å². The maximum atomic E-state index is 3.79. The molecule has 1 heterocycles. The molecule has 0 aromatic carbocycles. The molecule has 2 aliphatic rings. The van der Waals surface area contributed by atoms with Gasteiger partial charge in [-0.15, -0.1) is 11.3 Å². The van der Waals surface area contributed by atoms with Gasteiger partial charge < -0.3 is 5.32 Å². The molecule has 0 bridgehead atoms. The Morgan fingerprint density at radius 3 is 2.87 bits per heavy atom. The largest absolute Gasteiger partial charge is 0.309 e. The third-order valence-electron chi connectivity index (χ3n) is 3.82. The Kier molecular flexibility index (Phi) is 2.57. The van der Waals surface area contributed by atoms with Crippen molar-refractivity contribution >= 4 is 11.3 Å². The average Bonchev–Trinajstić information content (AvgIpc) is 3.11. The molecule has 2 fully saturated rings. The number of hydrogen-bond acceptors (Lipinski definition) is 2. The van der Waals surface area contributed by atoms with E-state index in [4.69, 9.17) is 0 Å². The second kappa shape index (κ2) is 3.91. The molecule has 0 radical (unpaired) electrons. The van der Waals surface area contributed by atoms with Crippen molar-refractivity contribution < 1.29 is 0 Å². The molecule has 0 amide bonds. The molecule has 3 unspecified atom stereocenters. The van der Waals surface area contributed by atoms with E-state index in [2.05, 4.69) is 29.8 Å². The first-order valence-corrected chi connectivity index (χ1v) is 6.99. The summed E-state index contributed by atoms with van der Waals surface area (Å²) in [5, 5.41) is 5.99. The number of hydrogen-bond donors (Lipinski definition) is 1. The van der Waals surface area contributed by atoms with Gasteiger partial charge >= 0.3 is 0 Å². The van der Waals surface area contributed by atoms with E-state index in [1.54, 1.807) is 4.88 Å². The van der Waals surface area contributed by atoms with Gasteiger partial charge in [-0.2, -0.15) is 0 Å². The summed E-state index contributed by atoms with van der Waals surface area (Å²) in [6.45, 7) is 3.60. The molecule has 1 aromatic rings. The van der Waals surface area contributed by atoms with Gasteiger partial charge in [-0.1, -0.05) is 13.0 Å². The van der Waals surface area contributed by atoms with Crippen LogP contribution >= 0.6 is 11.3 Å². The van der Waals surface area contributed by atoms with Crippen LogP contribution in [0.15, 0.2) is 17.5 Å². The van der Waals surface area contributed by atoms with Crippen molar-refractivity contribution in [1.29, 1.82) is 0 Å². The summed E-state index contributed by atoms with van der Waals surface area (Å²) in [6, 6.07) is 5.13. The van der Waals surface area contributed by atoms with Crippen molar-refractivity contribution in [1.82, 2.24) is 5.32 Å². The van der Waals surface area contributed by atoms with E-state index >= 15 is 0 Å². The van der Waals surface area contributed by atoms with E-state index in [-0.39, 0.29) is 0 Å². The second-order valence-corrected chi connectivity index (χ2v) is 6.19. The summed E-state index contributed by atoms with van der Waals surface area (Å²) < 4.78 is 0. The topological polar surface area (TPSA) is 12.0 Å². The molecule has 3 atom stereocenters. The van der Waals surface area contributed by atoms with Crippen LogP contribution in [0, 0.1) is 17.8 Å².